The van der Waals surface area contributed by atoms with Gasteiger partial charge in [-0.25, -0.2) is 4.79 Å². The number of rotatable bonds is 18. The number of hydrogen-bond donors (Lipinski definition) is 0. The molecule has 1 aliphatic heterocycles. The van der Waals surface area contributed by atoms with Crippen molar-refractivity contribution in [1.29, 1.82) is 0 Å². The molecule has 0 unspecified atom stereocenters. The molecule has 3 nitrogen and oxygen atoms in total. The Balaban J connectivity index is 1.50. The van der Waals surface area contributed by atoms with E-state index < -0.39 is 0 Å². The van der Waals surface area contributed by atoms with Crippen LogP contribution in [0.1, 0.15) is 169 Å². The van der Waals surface area contributed by atoms with Crippen LogP contribution in [0.4, 0.5) is 0 Å². The Bertz CT molecular complexity index is 1460. The molecule has 0 aromatic heterocycles. The average Bonchev–Trinajstić information content (AvgIpc) is 3.02. The van der Waals surface area contributed by atoms with Crippen LogP contribution in [-0.4, -0.2) is 11.6 Å². The van der Waals surface area contributed by atoms with Crippen molar-refractivity contribution in [3.05, 3.63) is 81.5 Å². The molecule has 51 heavy (non-hydrogen) atoms. The summed E-state index contributed by atoms with van der Waals surface area (Å²) < 4.78 is 12.7. The fourth-order valence-corrected chi connectivity index (χ4v) is 8.21. The van der Waals surface area contributed by atoms with Crippen molar-refractivity contribution < 1.29 is 14.3 Å². The van der Waals surface area contributed by atoms with Gasteiger partial charge >= 0.3 is 5.97 Å². The van der Waals surface area contributed by atoms with Crippen molar-refractivity contribution in [2.45, 2.75) is 179 Å². The molecule has 0 saturated carbocycles. The van der Waals surface area contributed by atoms with E-state index in [1.807, 2.05) is 26.0 Å². The third-order valence-corrected chi connectivity index (χ3v) is 11.7. The van der Waals surface area contributed by atoms with Gasteiger partial charge in [0.25, 0.3) is 0 Å². The molecule has 0 radical (unpaired) electrons. The number of aryl methyl sites for hydroxylation is 1. The minimum absolute atomic E-state index is 0.147. The number of carbonyl (C=O) groups is 1. The van der Waals surface area contributed by atoms with Crippen LogP contribution < -0.4 is 9.47 Å². The van der Waals surface area contributed by atoms with Crippen molar-refractivity contribution in [3.8, 4) is 11.5 Å². The van der Waals surface area contributed by atoms with Crippen molar-refractivity contribution in [2.75, 3.05) is 0 Å². The maximum absolute atomic E-state index is 13.0. The maximum Gasteiger partial charge on any atom is 0.336 e. The zero-order valence-corrected chi connectivity index (χ0v) is 34.9. The first-order valence-electron chi connectivity index (χ1n) is 20.4. The van der Waals surface area contributed by atoms with Crippen molar-refractivity contribution in [1.82, 2.24) is 0 Å². The molecule has 0 N–H and O–H groups in total. The molecule has 1 aromatic carbocycles. The van der Waals surface area contributed by atoms with Crippen LogP contribution in [0.2, 0.25) is 0 Å². The van der Waals surface area contributed by atoms with E-state index in [9.17, 15) is 4.79 Å². The summed E-state index contributed by atoms with van der Waals surface area (Å²) in [5.74, 6) is 3.74. The zero-order chi connectivity index (χ0) is 37.8. The van der Waals surface area contributed by atoms with Crippen molar-refractivity contribution in [2.24, 2.45) is 23.2 Å². The van der Waals surface area contributed by atoms with Gasteiger partial charge in [-0.3, -0.25) is 0 Å². The van der Waals surface area contributed by atoms with Crippen LogP contribution in [0.3, 0.4) is 0 Å². The Hall–Kier alpha value is -2.81. The minimum atomic E-state index is -0.345. The fourth-order valence-electron chi connectivity index (χ4n) is 8.21. The summed E-state index contributed by atoms with van der Waals surface area (Å²) in [6, 6.07) is 2.08. The lowest BCUT2D eigenvalue weighted by Crippen LogP contribution is -2.36. The van der Waals surface area contributed by atoms with E-state index in [1.54, 1.807) is 6.08 Å². The standard InChI is InChI=1S/C48H74O3/c1-34(2)18-13-19-35(3)20-14-21-36(4)24-16-30-48(12)31-28-42-41(9)46(40(8)33-44(42)51-48)50-45(49)32-38(6)23-15-22-37(5)26-27-43-39(7)25-17-29-47(43,10)11/h15,22-23,26-27,32-36H,13-14,16-21,24-25,28-31H2,1-12H3/b23-15+,27-26+,37-22+,38-32+/t35-,36-,48-/m0/s1. The van der Waals surface area contributed by atoms with Crippen LogP contribution in [0, 0.1) is 37.0 Å². The molecule has 3 atom stereocenters. The van der Waals surface area contributed by atoms with Crippen molar-refractivity contribution >= 4 is 5.97 Å². The van der Waals surface area contributed by atoms with E-state index >= 15 is 0 Å². The molecule has 0 spiro atoms. The van der Waals surface area contributed by atoms with Gasteiger partial charge in [0.05, 0.1) is 0 Å². The summed E-state index contributed by atoms with van der Waals surface area (Å²) in [5, 5.41) is 0. The van der Waals surface area contributed by atoms with E-state index in [2.05, 4.69) is 93.5 Å². The lowest BCUT2D eigenvalue weighted by Gasteiger charge is -2.37. The van der Waals surface area contributed by atoms with Crippen LogP contribution in [0.5, 0.6) is 11.5 Å². The van der Waals surface area contributed by atoms with E-state index in [0.29, 0.717) is 5.75 Å². The summed E-state index contributed by atoms with van der Waals surface area (Å²) in [6.45, 7) is 26.9. The van der Waals surface area contributed by atoms with Gasteiger partial charge in [0.1, 0.15) is 17.1 Å². The monoisotopic (exact) mass is 699 g/mol. The van der Waals surface area contributed by atoms with Gasteiger partial charge < -0.3 is 9.47 Å². The van der Waals surface area contributed by atoms with E-state index in [4.69, 9.17) is 9.47 Å². The van der Waals surface area contributed by atoms with Gasteiger partial charge in [-0.2, -0.15) is 0 Å². The average molecular weight is 699 g/mol. The quantitative estimate of drug-likeness (QED) is 0.0662. The maximum atomic E-state index is 13.0. The molecular formula is C48H74O3. The smallest absolute Gasteiger partial charge is 0.336 e. The molecule has 0 fully saturated rings. The summed E-state index contributed by atoms with van der Waals surface area (Å²) in [6.07, 6.45) is 29.5. The van der Waals surface area contributed by atoms with Crippen LogP contribution >= 0.6 is 0 Å². The largest absolute Gasteiger partial charge is 0.487 e. The molecule has 1 aliphatic carbocycles. The lowest BCUT2D eigenvalue weighted by molar-refractivity contribution is -0.129. The Morgan fingerprint density at radius 3 is 2.16 bits per heavy atom. The minimum Gasteiger partial charge on any atom is -0.487 e. The third kappa shape index (κ3) is 13.9. The number of esters is 1. The fraction of sp³-hybridized carbons (Fsp3) is 0.646. The number of fused-ring (bicyclic) bond motifs is 1. The Morgan fingerprint density at radius 2 is 1.51 bits per heavy atom. The first-order valence-corrected chi connectivity index (χ1v) is 20.4. The highest BCUT2D eigenvalue weighted by atomic mass is 16.5. The summed E-state index contributed by atoms with van der Waals surface area (Å²) >= 11 is 0. The number of benzene rings is 1. The van der Waals surface area contributed by atoms with E-state index in [-0.39, 0.29) is 17.0 Å². The summed E-state index contributed by atoms with van der Waals surface area (Å²) in [7, 11) is 0. The highest BCUT2D eigenvalue weighted by molar-refractivity contribution is 5.86. The molecule has 0 saturated heterocycles. The zero-order valence-electron chi connectivity index (χ0n) is 34.9. The summed E-state index contributed by atoms with van der Waals surface area (Å²) in [4.78, 5) is 13.0. The molecule has 284 valence electrons. The molecule has 0 amide bonds. The first kappa shape index (κ1) is 42.6. The highest BCUT2D eigenvalue weighted by Gasteiger charge is 2.33. The number of ether oxygens (including phenoxy) is 2. The lowest BCUT2D eigenvalue weighted by atomic mass is 9.72. The Labute approximate surface area is 314 Å². The van der Waals surface area contributed by atoms with Gasteiger partial charge in [0.15, 0.2) is 0 Å². The second-order valence-electron chi connectivity index (χ2n) is 17.9. The van der Waals surface area contributed by atoms with E-state index in [0.717, 1.165) is 59.5 Å². The van der Waals surface area contributed by atoms with Crippen molar-refractivity contribution in [3.63, 3.8) is 0 Å². The second kappa shape index (κ2) is 19.9. The number of carbonyl (C=O) groups excluding carboxylic acids is 1. The molecule has 3 heteroatoms. The molecule has 3 rings (SSSR count). The predicted molar refractivity (Wildman–Crippen MR) is 220 cm³/mol. The first-order chi connectivity index (χ1) is 24.0. The van der Waals surface area contributed by atoms with Gasteiger partial charge in [-0.1, -0.05) is 128 Å². The normalized spacial score (nSPS) is 21.0. The molecular weight excluding hydrogens is 625 g/mol. The van der Waals surface area contributed by atoms with E-state index in [1.165, 1.54) is 92.9 Å². The Morgan fingerprint density at radius 1 is 0.863 bits per heavy atom. The number of hydrogen-bond acceptors (Lipinski definition) is 3. The molecule has 1 aromatic rings. The van der Waals surface area contributed by atoms with Gasteiger partial charge in [0.2, 0.25) is 0 Å². The highest BCUT2D eigenvalue weighted by Crippen LogP contribution is 2.43. The molecule has 1 heterocycles. The van der Waals surface area contributed by atoms with Gasteiger partial charge in [-0.15, -0.1) is 0 Å². The number of allylic oxidation sites excluding steroid dienone is 9. The predicted octanol–water partition coefficient (Wildman–Crippen LogP) is 14.3. The topological polar surface area (TPSA) is 35.5 Å². The second-order valence-corrected chi connectivity index (χ2v) is 17.9. The van der Waals surface area contributed by atoms with Crippen LogP contribution in [0.25, 0.3) is 0 Å². The van der Waals surface area contributed by atoms with Crippen LogP contribution in [-0.2, 0) is 11.2 Å². The third-order valence-electron chi connectivity index (χ3n) is 11.7. The SMILES string of the molecule is CC1=C(/C=C/C(C)=C/C=C/C(C)=C/C(=O)Oc2c(C)cc3c(c2C)CC[C@](C)(CCC[C@@H](C)CCC[C@@H](C)CCCC(C)C)O3)C(C)(C)CCC1. The summed E-state index contributed by atoms with van der Waals surface area (Å²) in [5.41, 5.74) is 8.23. The Kier molecular flexibility index (Phi) is 16.6. The molecule has 2 aliphatic rings. The van der Waals surface area contributed by atoms with Gasteiger partial charge in [0, 0.05) is 11.6 Å². The van der Waals surface area contributed by atoms with Gasteiger partial charge in [-0.05, 0) is 138 Å². The molecule has 0 bridgehead atoms. The van der Waals surface area contributed by atoms with Crippen LogP contribution in [0.15, 0.2) is 64.8 Å².